The van der Waals surface area contributed by atoms with E-state index in [0.29, 0.717) is 17.0 Å². The lowest BCUT2D eigenvalue weighted by atomic mass is 10.1. The van der Waals surface area contributed by atoms with Crippen molar-refractivity contribution >= 4 is 11.6 Å². The number of nitrogens with zero attached hydrogens (tertiary/aromatic N) is 1. The lowest BCUT2D eigenvalue weighted by molar-refractivity contribution is -0.118. The molecule has 1 amide bonds. The summed E-state index contributed by atoms with van der Waals surface area (Å²) in [6.45, 7) is -0.135. The molecule has 122 valence electrons. The first-order chi connectivity index (χ1) is 12.3. The highest BCUT2D eigenvalue weighted by atomic mass is 16.5. The largest absolute Gasteiger partial charge is 0.483 e. The highest BCUT2D eigenvalue weighted by Gasteiger charge is 2.10. The minimum absolute atomic E-state index is 0.135. The SMILES string of the molecule is N#Cc1ccccc1NC(=O)COc1ccccc1-c1ccccc1. The summed E-state index contributed by atoms with van der Waals surface area (Å²) in [5, 5.41) is 11.8. The highest BCUT2D eigenvalue weighted by Crippen LogP contribution is 2.29. The van der Waals surface area contributed by atoms with Crippen LogP contribution in [0.3, 0.4) is 0 Å². The van der Waals surface area contributed by atoms with Gasteiger partial charge in [-0.25, -0.2) is 0 Å². The van der Waals surface area contributed by atoms with E-state index in [1.54, 1.807) is 24.3 Å². The van der Waals surface area contributed by atoms with Crippen molar-refractivity contribution in [3.8, 4) is 22.9 Å². The number of hydrogen-bond donors (Lipinski definition) is 1. The molecule has 3 rings (SSSR count). The van der Waals surface area contributed by atoms with Gasteiger partial charge in [-0.15, -0.1) is 0 Å². The number of carbonyl (C=O) groups excluding carboxylic acids is 1. The smallest absolute Gasteiger partial charge is 0.262 e. The number of nitrogens with one attached hydrogen (secondary N) is 1. The summed E-state index contributed by atoms with van der Waals surface area (Å²) in [4.78, 5) is 12.2. The Labute approximate surface area is 146 Å². The van der Waals surface area contributed by atoms with Crippen LogP contribution in [0.4, 0.5) is 5.69 Å². The van der Waals surface area contributed by atoms with Crippen LogP contribution < -0.4 is 10.1 Å². The normalized spacial score (nSPS) is 9.88. The predicted molar refractivity (Wildman–Crippen MR) is 97.2 cm³/mol. The molecule has 0 radical (unpaired) electrons. The summed E-state index contributed by atoms with van der Waals surface area (Å²) in [5.41, 5.74) is 2.84. The lowest BCUT2D eigenvalue weighted by Crippen LogP contribution is -2.20. The standard InChI is InChI=1S/C21H16N2O2/c22-14-17-10-4-6-12-19(17)23-21(24)15-25-20-13-7-5-11-18(20)16-8-2-1-3-9-16/h1-13H,15H2,(H,23,24). The van der Waals surface area contributed by atoms with Crippen molar-refractivity contribution < 1.29 is 9.53 Å². The fourth-order valence-electron chi connectivity index (χ4n) is 2.47. The van der Waals surface area contributed by atoms with E-state index in [1.165, 1.54) is 0 Å². The lowest BCUT2D eigenvalue weighted by Gasteiger charge is -2.12. The Morgan fingerprint density at radius 1 is 0.920 bits per heavy atom. The first kappa shape index (κ1) is 16.3. The van der Waals surface area contributed by atoms with Gasteiger partial charge in [0.2, 0.25) is 0 Å². The highest BCUT2D eigenvalue weighted by molar-refractivity contribution is 5.93. The Morgan fingerprint density at radius 3 is 2.40 bits per heavy atom. The van der Waals surface area contributed by atoms with Gasteiger partial charge in [0.05, 0.1) is 11.3 Å². The number of ether oxygens (including phenoxy) is 1. The predicted octanol–water partition coefficient (Wildman–Crippen LogP) is 4.24. The molecular weight excluding hydrogens is 312 g/mol. The maximum absolute atomic E-state index is 12.2. The molecule has 0 saturated heterocycles. The number of nitriles is 1. The van der Waals surface area contributed by atoms with Crippen molar-refractivity contribution in [3.05, 3.63) is 84.4 Å². The van der Waals surface area contributed by atoms with Gasteiger partial charge in [-0.3, -0.25) is 4.79 Å². The van der Waals surface area contributed by atoms with Crippen LogP contribution in [-0.4, -0.2) is 12.5 Å². The van der Waals surface area contributed by atoms with E-state index in [9.17, 15) is 4.79 Å². The number of rotatable bonds is 5. The van der Waals surface area contributed by atoms with Gasteiger partial charge in [-0.2, -0.15) is 5.26 Å². The molecule has 0 aromatic heterocycles. The van der Waals surface area contributed by atoms with Crippen molar-refractivity contribution in [1.29, 1.82) is 5.26 Å². The third-order valence-electron chi connectivity index (χ3n) is 3.65. The monoisotopic (exact) mass is 328 g/mol. The van der Waals surface area contributed by atoms with E-state index >= 15 is 0 Å². The molecule has 3 aromatic carbocycles. The van der Waals surface area contributed by atoms with Gasteiger partial charge in [0.25, 0.3) is 5.91 Å². The fourth-order valence-corrected chi connectivity index (χ4v) is 2.47. The van der Waals surface area contributed by atoms with Crippen LogP contribution >= 0.6 is 0 Å². The zero-order chi connectivity index (χ0) is 17.5. The number of carbonyl (C=O) groups is 1. The summed E-state index contributed by atoms with van der Waals surface area (Å²) >= 11 is 0. The van der Waals surface area contributed by atoms with E-state index in [2.05, 4.69) is 5.32 Å². The molecular formula is C21H16N2O2. The average molecular weight is 328 g/mol. The first-order valence-corrected chi connectivity index (χ1v) is 7.84. The molecule has 0 unspecified atom stereocenters. The summed E-state index contributed by atoms with van der Waals surface area (Å²) in [5.74, 6) is 0.322. The second kappa shape index (κ2) is 7.80. The Hall–Kier alpha value is -3.58. The van der Waals surface area contributed by atoms with Gasteiger partial charge >= 0.3 is 0 Å². The minimum Gasteiger partial charge on any atom is -0.483 e. The van der Waals surface area contributed by atoms with Crippen molar-refractivity contribution in [2.45, 2.75) is 0 Å². The summed E-state index contributed by atoms with van der Waals surface area (Å²) in [7, 11) is 0. The summed E-state index contributed by atoms with van der Waals surface area (Å²) in [6, 6.07) is 26.3. The third kappa shape index (κ3) is 4.04. The summed E-state index contributed by atoms with van der Waals surface area (Å²) in [6.07, 6.45) is 0. The van der Waals surface area contributed by atoms with Crippen LogP contribution in [0.2, 0.25) is 0 Å². The molecule has 0 bridgehead atoms. The average Bonchev–Trinajstić information content (AvgIpc) is 2.68. The van der Waals surface area contributed by atoms with Crippen molar-refractivity contribution in [2.75, 3.05) is 11.9 Å². The van der Waals surface area contributed by atoms with Gasteiger partial charge in [0, 0.05) is 5.56 Å². The first-order valence-electron chi connectivity index (χ1n) is 7.84. The molecule has 3 aromatic rings. The molecule has 0 fully saturated rings. The zero-order valence-corrected chi connectivity index (χ0v) is 13.5. The number of amides is 1. The van der Waals surface area contributed by atoms with Crippen LogP contribution in [-0.2, 0) is 4.79 Å². The Balaban J connectivity index is 1.70. The van der Waals surface area contributed by atoms with E-state index < -0.39 is 0 Å². The molecule has 0 heterocycles. The minimum atomic E-state index is -0.314. The van der Waals surface area contributed by atoms with Gasteiger partial charge in [-0.1, -0.05) is 60.7 Å². The van der Waals surface area contributed by atoms with Gasteiger partial charge in [0.1, 0.15) is 11.8 Å². The van der Waals surface area contributed by atoms with Crippen LogP contribution in [0.15, 0.2) is 78.9 Å². The van der Waals surface area contributed by atoms with Crippen molar-refractivity contribution in [1.82, 2.24) is 0 Å². The second-order valence-electron chi connectivity index (χ2n) is 5.36. The molecule has 0 atom stereocenters. The fraction of sp³-hybridized carbons (Fsp3) is 0.0476. The van der Waals surface area contributed by atoms with Gasteiger partial charge < -0.3 is 10.1 Å². The summed E-state index contributed by atoms with van der Waals surface area (Å²) < 4.78 is 5.70. The number of anilines is 1. The zero-order valence-electron chi connectivity index (χ0n) is 13.5. The quantitative estimate of drug-likeness (QED) is 0.762. The van der Waals surface area contributed by atoms with Gasteiger partial charge in [-0.05, 0) is 23.8 Å². The van der Waals surface area contributed by atoms with Crippen LogP contribution in [0, 0.1) is 11.3 Å². The third-order valence-corrected chi connectivity index (χ3v) is 3.65. The van der Waals surface area contributed by atoms with Crippen LogP contribution in [0.5, 0.6) is 5.75 Å². The molecule has 4 nitrogen and oxygen atoms in total. The van der Waals surface area contributed by atoms with Gasteiger partial charge in [0.15, 0.2) is 6.61 Å². The topological polar surface area (TPSA) is 62.1 Å². The molecule has 0 saturated carbocycles. The molecule has 0 spiro atoms. The van der Waals surface area contributed by atoms with E-state index in [4.69, 9.17) is 10.00 Å². The maximum atomic E-state index is 12.2. The Morgan fingerprint density at radius 2 is 1.60 bits per heavy atom. The maximum Gasteiger partial charge on any atom is 0.262 e. The number of hydrogen-bond acceptors (Lipinski definition) is 3. The second-order valence-corrected chi connectivity index (χ2v) is 5.36. The van der Waals surface area contributed by atoms with Crippen LogP contribution in [0.1, 0.15) is 5.56 Å². The molecule has 25 heavy (non-hydrogen) atoms. The molecule has 4 heteroatoms. The van der Waals surface area contributed by atoms with Crippen molar-refractivity contribution in [3.63, 3.8) is 0 Å². The Bertz CT molecular complexity index is 914. The molecule has 0 aliphatic carbocycles. The van der Waals surface area contributed by atoms with E-state index in [1.807, 2.05) is 60.7 Å². The molecule has 0 aliphatic rings. The number of benzene rings is 3. The molecule has 1 N–H and O–H groups in total. The van der Waals surface area contributed by atoms with Crippen molar-refractivity contribution in [2.24, 2.45) is 0 Å². The Kier molecular flexibility index (Phi) is 5.08. The molecule has 0 aliphatic heterocycles. The number of para-hydroxylation sites is 2. The van der Waals surface area contributed by atoms with E-state index in [0.717, 1.165) is 11.1 Å². The van der Waals surface area contributed by atoms with Crippen LogP contribution in [0.25, 0.3) is 11.1 Å². The van der Waals surface area contributed by atoms with E-state index in [-0.39, 0.29) is 12.5 Å².